The Morgan fingerprint density at radius 2 is 2.00 bits per heavy atom. The highest BCUT2D eigenvalue weighted by Gasteiger charge is 2.26. The molecule has 2 aliphatic carbocycles. The van der Waals surface area contributed by atoms with Crippen molar-refractivity contribution in [2.75, 3.05) is 0 Å². The number of aliphatic imine (C=N–C) groups is 1. The predicted octanol–water partition coefficient (Wildman–Crippen LogP) is 3.81. The van der Waals surface area contributed by atoms with E-state index in [9.17, 15) is 5.11 Å². The highest BCUT2D eigenvalue weighted by atomic mass is 16.3. The minimum atomic E-state index is -0.896. The summed E-state index contributed by atoms with van der Waals surface area (Å²) in [5.74, 6) is 1.40. The van der Waals surface area contributed by atoms with Crippen molar-refractivity contribution in [1.29, 1.82) is 0 Å². The van der Waals surface area contributed by atoms with Gasteiger partial charge in [0.15, 0.2) is 5.82 Å². The molecule has 2 saturated carbocycles. The first-order chi connectivity index (χ1) is 15.7. The third-order valence-corrected chi connectivity index (χ3v) is 5.12. The van der Waals surface area contributed by atoms with Crippen LogP contribution in [0.2, 0.25) is 0 Å². The van der Waals surface area contributed by atoms with Crippen LogP contribution < -0.4 is 10.6 Å². The number of nitrogens with zero attached hydrogens (tertiary/aromatic N) is 4. The fourth-order valence-electron chi connectivity index (χ4n) is 3.00. The van der Waals surface area contributed by atoms with Gasteiger partial charge in [-0.2, -0.15) is 0 Å². The Morgan fingerprint density at radius 3 is 2.66 bits per heavy atom. The van der Waals surface area contributed by atoms with E-state index in [0.29, 0.717) is 12.0 Å². The van der Waals surface area contributed by atoms with Crippen LogP contribution in [-0.4, -0.2) is 38.4 Å². The lowest BCUT2D eigenvalue weighted by Crippen LogP contribution is -2.43. The number of rotatable bonds is 14. The quantitative estimate of drug-likeness (QED) is 0.236. The standard InChI is InChI=1S/C25H32N6O/c1-4-7-21(24-30-29-18-31(24)22-11-12-22)14-15-28-25(32)23(27-6-3)13-10-19(5-2)16-26-17-20-8-9-20/h4-7,10,13-18,20,22-23,25,27-28,32H,1-3,8-9,11-12H2/b13-10+,15-14+,19-16+,21-7+,26-17?. The van der Waals surface area contributed by atoms with Gasteiger partial charge in [-0.15, -0.1) is 10.2 Å². The molecule has 7 heteroatoms. The summed E-state index contributed by atoms with van der Waals surface area (Å²) < 4.78 is 2.08. The number of aliphatic hydroxyl groups excluding tert-OH is 1. The number of hydrogen-bond donors (Lipinski definition) is 3. The molecule has 168 valence electrons. The van der Waals surface area contributed by atoms with Crippen LogP contribution in [0.4, 0.5) is 0 Å². The second-order valence-electron chi connectivity index (χ2n) is 7.82. The highest BCUT2D eigenvalue weighted by molar-refractivity contribution is 5.71. The minimum absolute atomic E-state index is 0.408. The van der Waals surface area contributed by atoms with Crippen molar-refractivity contribution in [3.8, 4) is 0 Å². The van der Waals surface area contributed by atoms with E-state index in [1.807, 2.05) is 30.5 Å². The average molecular weight is 433 g/mol. The Morgan fingerprint density at radius 1 is 1.19 bits per heavy atom. The van der Waals surface area contributed by atoms with Crippen LogP contribution in [-0.2, 0) is 0 Å². The van der Waals surface area contributed by atoms with E-state index in [1.54, 1.807) is 37.1 Å². The summed E-state index contributed by atoms with van der Waals surface area (Å²) in [6.45, 7) is 11.3. The molecule has 3 rings (SSSR count). The minimum Gasteiger partial charge on any atom is -0.381 e. The molecule has 3 N–H and O–H groups in total. The van der Waals surface area contributed by atoms with Gasteiger partial charge in [0.05, 0.1) is 6.04 Å². The lowest BCUT2D eigenvalue weighted by Gasteiger charge is -2.20. The zero-order valence-electron chi connectivity index (χ0n) is 18.3. The molecule has 2 unspecified atom stereocenters. The van der Waals surface area contributed by atoms with Crippen LogP contribution in [0.5, 0.6) is 0 Å². The van der Waals surface area contributed by atoms with Gasteiger partial charge < -0.3 is 20.3 Å². The smallest absolute Gasteiger partial charge is 0.164 e. The molecule has 1 aromatic rings. The lowest BCUT2D eigenvalue weighted by molar-refractivity contribution is 0.131. The molecule has 2 atom stereocenters. The summed E-state index contributed by atoms with van der Waals surface area (Å²) in [4.78, 5) is 4.34. The first-order valence-electron chi connectivity index (χ1n) is 10.9. The van der Waals surface area contributed by atoms with Crippen LogP contribution in [0.15, 0.2) is 91.7 Å². The van der Waals surface area contributed by atoms with Crippen LogP contribution in [0.1, 0.15) is 37.5 Å². The SMILES string of the molecule is C=C/C=C(\C=C\NC(O)C(/C=C/C(C=C)=C/N=CC1CC1)NC=C)c1nncn1C1CC1. The van der Waals surface area contributed by atoms with Crippen LogP contribution >= 0.6 is 0 Å². The summed E-state index contributed by atoms with van der Waals surface area (Å²) in [7, 11) is 0. The highest BCUT2D eigenvalue weighted by Crippen LogP contribution is 2.36. The van der Waals surface area contributed by atoms with Crippen molar-refractivity contribution in [2.24, 2.45) is 10.9 Å². The Hall–Kier alpha value is -3.45. The molecule has 0 amide bonds. The van der Waals surface area contributed by atoms with E-state index in [-0.39, 0.29) is 0 Å². The molecule has 7 nitrogen and oxygen atoms in total. The summed E-state index contributed by atoms with van der Waals surface area (Å²) >= 11 is 0. The van der Waals surface area contributed by atoms with E-state index in [1.165, 1.54) is 12.8 Å². The maximum absolute atomic E-state index is 10.6. The molecule has 0 bridgehead atoms. The first kappa shape index (κ1) is 23.2. The maximum Gasteiger partial charge on any atom is 0.164 e. The maximum atomic E-state index is 10.6. The van der Waals surface area contributed by atoms with E-state index < -0.39 is 12.3 Å². The summed E-state index contributed by atoms with van der Waals surface area (Å²) in [6.07, 6.45) is 23.4. The van der Waals surface area contributed by atoms with Gasteiger partial charge in [-0.25, -0.2) is 0 Å². The first-order valence-corrected chi connectivity index (χ1v) is 10.9. The summed E-state index contributed by atoms with van der Waals surface area (Å²) in [6, 6.07) is 0.0575. The fraction of sp³-hybridized carbons (Fsp3) is 0.320. The van der Waals surface area contributed by atoms with Crippen molar-refractivity contribution in [3.05, 3.63) is 92.5 Å². The largest absolute Gasteiger partial charge is 0.381 e. The van der Waals surface area contributed by atoms with Crippen LogP contribution in [0.3, 0.4) is 0 Å². The second-order valence-corrected chi connectivity index (χ2v) is 7.82. The molecule has 0 aliphatic heterocycles. The van der Waals surface area contributed by atoms with Gasteiger partial charge in [0.2, 0.25) is 0 Å². The topological polar surface area (TPSA) is 87.4 Å². The number of aliphatic hydroxyl groups is 1. The molecule has 1 aromatic heterocycles. The summed E-state index contributed by atoms with van der Waals surface area (Å²) in [5, 5.41) is 25.0. The van der Waals surface area contributed by atoms with Crippen LogP contribution in [0, 0.1) is 5.92 Å². The zero-order valence-corrected chi connectivity index (χ0v) is 18.3. The van der Waals surface area contributed by atoms with Gasteiger partial charge in [-0.3, -0.25) is 4.99 Å². The second kappa shape index (κ2) is 11.8. The van der Waals surface area contributed by atoms with Crippen molar-refractivity contribution in [3.63, 3.8) is 0 Å². The van der Waals surface area contributed by atoms with Gasteiger partial charge in [0.25, 0.3) is 0 Å². The monoisotopic (exact) mass is 432 g/mol. The van der Waals surface area contributed by atoms with Gasteiger partial charge in [-0.05, 0) is 55.7 Å². The molecule has 0 saturated heterocycles. The average Bonchev–Trinajstić information content (AvgIpc) is 3.74. The van der Waals surface area contributed by atoms with Crippen molar-refractivity contribution in [1.82, 2.24) is 25.4 Å². The molecule has 2 aliphatic rings. The van der Waals surface area contributed by atoms with Gasteiger partial charge in [0, 0.05) is 24.0 Å². The van der Waals surface area contributed by atoms with E-state index >= 15 is 0 Å². The predicted molar refractivity (Wildman–Crippen MR) is 131 cm³/mol. The Bertz CT molecular complexity index is 943. The normalized spacial score (nSPS) is 19.4. The van der Waals surface area contributed by atoms with Crippen molar-refractivity contribution < 1.29 is 5.11 Å². The fourth-order valence-corrected chi connectivity index (χ4v) is 3.00. The van der Waals surface area contributed by atoms with Gasteiger partial charge >= 0.3 is 0 Å². The Balaban J connectivity index is 1.63. The van der Waals surface area contributed by atoms with Crippen molar-refractivity contribution in [2.45, 2.75) is 44.0 Å². The molecule has 32 heavy (non-hydrogen) atoms. The third-order valence-electron chi connectivity index (χ3n) is 5.12. The number of nitrogens with one attached hydrogen (secondary N) is 2. The van der Waals surface area contributed by atoms with E-state index in [0.717, 1.165) is 29.8 Å². The molecular formula is C25H32N6O. The Labute approximate surface area is 190 Å². The third kappa shape index (κ3) is 7.06. The van der Waals surface area contributed by atoms with Gasteiger partial charge in [0.1, 0.15) is 12.6 Å². The number of hydrogen-bond acceptors (Lipinski definition) is 6. The lowest BCUT2D eigenvalue weighted by atomic mass is 10.1. The number of allylic oxidation sites excluding steroid dienone is 7. The van der Waals surface area contributed by atoms with Crippen LogP contribution in [0.25, 0.3) is 5.57 Å². The molecule has 0 spiro atoms. The zero-order chi connectivity index (χ0) is 22.8. The Kier molecular flexibility index (Phi) is 8.57. The molecule has 0 radical (unpaired) electrons. The molecular weight excluding hydrogens is 400 g/mol. The number of aromatic nitrogens is 3. The molecule has 2 fully saturated rings. The molecule has 0 aromatic carbocycles. The van der Waals surface area contributed by atoms with E-state index in [4.69, 9.17) is 0 Å². The van der Waals surface area contributed by atoms with Crippen molar-refractivity contribution >= 4 is 11.8 Å². The molecule has 1 heterocycles. The van der Waals surface area contributed by atoms with E-state index in [2.05, 4.69) is 50.1 Å². The summed E-state index contributed by atoms with van der Waals surface area (Å²) in [5.41, 5.74) is 1.72. The van der Waals surface area contributed by atoms with Gasteiger partial charge in [-0.1, -0.05) is 50.1 Å².